The fourth-order valence-electron chi connectivity index (χ4n) is 4.16. The summed E-state index contributed by atoms with van der Waals surface area (Å²) in [5.74, 6) is -0.220. The molecule has 0 rings (SSSR count). The first-order valence-electron chi connectivity index (χ1n) is 15.6. The van der Waals surface area contributed by atoms with Gasteiger partial charge in [-0.1, -0.05) is 127 Å². The van der Waals surface area contributed by atoms with Crippen molar-refractivity contribution in [2.45, 2.75) is 148 Å². The van der Waals surface area contributed by atoms with Crippen LogP contribution in [0.3, 0.4) is 0 Å². The van der Waals surface area contributed by atoms with Crippen molar-refractivity contribution in [2.75, 3.05) is 19.8 Å². The van der Waals surface area contributed by atoms with Crippen LogP contribution in [-0.2, 0) is 14.3 Å². The van der Waals surface area contributed by atoms with Gasteiger partial charge in [0.2, 0.25) is 0 Å². The van der Waals surface area contributed by atoms with Gasteiger partial charge in [-0.2, -0.15) is 0 Å². The zero-order valence-electron chi connectivity index (χ0n) is 24.5. The van der Waals surface area contributed by atoms with E-state index in [9.17, 15) is 9.90 Å². The third kappa shape index (κ3) is 29.0. The minimum Gasteiger partial charge on any atom is -0.457 e. The van der Waals surface area contributed by atoms with Crippen LogP contribution >= 0.6 is 0 Å². The van der Waals surface area contributed by atoms with E-state index in [1.54, 1.807) is 0 Å². The molecule has 0 saturated heterocycles. The smallest absolute Gasteiger partial charge is 0.306 e. The van der Waals surface area contributed by atoms with E-state index in [2.05, 4.69) is 50.3 Å². The SMILES string of the molecule is CC/C=C\C/C=C\C/C=C\CCCCCCCC(=O)OC(CO)COCCCCCCCCCCCC. The molecule has 4 heteroatoms. The number of hydrogen-bond donors (Lipinski definition) is 1. The highest BCUT2D eigenvalue weighted by atomic mass is 16.6. The lowest BCUT2D eigenvalue weighted by Gasteiger charge is -2.15. The first kappa shape index (κ1) is 35.6. The summed E-state index contributed by atoms with van der Waals surface area (Å²) in [6.07, 6.45) is 35.9. The number of allylic oxidation sites excluding steroid dienone is 6. The highest BCUT2D eigenvalue weighted by molar-refractivity contribution is 5.69. The molecular weight excluding hydrogens is 460 g/mol. The van der Waals surface area contributed by atoms with E-state index >= 15 is 0 Å². The molecule has 216 valence electrons. The summed E-state index contributed by atoms with van der Waals surface area (Å²) in [5.41, 5.74) is 0. The maximum Gasteiger partial charge on any atom is 0.306 e. The van der Waals surface area contributed by atoms with Crippen LogP contribution in [0.25, 0.3) is 0 Å². The van der Waals surface area contributed by atoms with Crippen LogP contribution < -0.4 is 0 Å². The van der Waals surface area contributed by atoms with Crippen molar-refractivity contribution in [3.63, 3.8) is 0 Å². The third-order valence-corrected chi connectivity index (χ3v) is 6.48. The fourth-order valence-corrected chi connectivity index (χ4v) is 4.16. The number of esters is 1. The summed E-state index contributed by atoms with van der Waals surface area (Å²) in [7, 11) is 0. The van der Waals surface area contributed by atoms with E-state index in [0.29, 0.717) is 19.6 Å². The Labute approximate surface area is 230 Å². The van der Waals surface area contributed by atoms with Crippen molar-refractivity contribution in [3.8, 4) is 0 Å². The van der Waals surface area contributed by atoms with E-state index in [0.717, 1.165) is 51.4 Å². The standard InChI is InChI=1S/C33H60O4/c1-3-5-7-9-11-13-15-16-17-18-19-20-22-24-26-28-33(35)37-32(30-34)31-36-29-27-25-23-21-14-12-10-8-6-4-2/h5,7,11,13,16-17,32,34H,3-4,6,8-10,12,14-15,18-31H2,1-2H3/b7-5-,13-11-,17-16-. The molecular formula is C33H60O4. The molecule has 0 aliphatic heterocycles. The topological polar surface area (TPSA) is 55.8 Å². The number of carbonyl (C=O) groups excluding carboxylic acids is 1. The number of ether oxygens (including phenoxy) is 2. The number of carbonyl (C=O) groups is 1. The van der Waals surface area contributed by atoms with Crippen LogP contribution in [0.15, 0.2) is 36.5 Å². The second-order valence-corrected chi connectivity index (χ2v) is 10.2. The second kappa shape index (κ2) is 30.8. The number of aliphatic hydroxyl groups is 1. The average Bonchev–Trinajstić information content (AvgIpc) is 2.90. The maximum absolute atomic E-state index is 12.1. The first-order valence-corrected chi connectivity index (χ1v) is 15.6. The van der Waals surface area contributed by atoms with E-state index in [1.165, 1.54) is 70.6 Å². The van der Waals surface area contributed by atoms with Gasteiger partial charge < -0.3 is 14.6 Å². The largest absolute Gasteiger partial charge is 0.457 e. The molecule has 4 nitrogen and oxygen atoms in total. The molecule has 0 aromatic heterocycles. The molecule has 0 amide bonds. The second-order valence-electron chi connectivity index (χ2n) is 10.2. The van der Waals surface area contributed by atoms with E-state index in [1.807, 2.05) is 0 Å². The van der Waals surface area contributed by atoms with Gasteiger partial charge in [0.15, 0.2) is 0 Å². The Morgan fingerprint density at radius 3 is 1.84 bits per heavy atom. The Bertz CT molecular complexity index is 553. The fraction of sp³-hybridized carbons (Fsp3) is 0.788. The number of hydrogen-bond acceptors (Lipinski definition) is 4. The van der Waals surface area contributed by atoms with Gasteiger partial charge in [0.05, 0.1) is 13.2 Å². The normalized spacial score (nSPS) is 12.8. The van der Waals surface area contributed by atoms with Gasteiger partial charge >= 0.3 is 5.97 Å². The molecule has 1 N–H and O–H groups in total. The van der Waals surface area contributed by atoms with Crippen molar-refractivity contribution in [3.05, 3.63) is 36.5 Å². The van der Waals surface area contributed by atoms with Gasteiger partial charge in [0.1, 0.15) is 6.10 Å². The van der Waals surface area contributed by atoms with Crippen LogP contribution in [0.2, 0.25) is 0 Å². The van der Waals surface area contributed by atoms with Gasteiger partial charge in [-0.3, -0.25) is 4.79 Å². The Morgan fingerprint density at radius 1 is 0.676 bits per heavy atom. The molecule has 1 atom stereocenters. The molecule has 0 spiro atoms. The molecule has 0 fully saturated rings. The van der Waals surface area contributed by atoms with Gasteiger partial charge in [0, 0.05) is 13.0 Å². The highest BCUT2D eigenvalue weighted by Crippen LogP contribution is 2.11. The minimum absolute atomic E-state index is 0.178. The zero-order chi connectivity index (χ0) is 27.1. The van der Waals surface area contributed by atoms with Crippen LogP contribution in [0.4, 0.5) is 0 Å². The van der Waals surface area contributed by atoms with Crippen molar-refractivity contribution in [2.24, 2.45) is 0 Å². The van der Waals surface area contributed by atoms with E-state index in [4.69, 9.17) is 9.47 Å². The predicted molar refractivity (Wildman–Crippen MR) is 159 cm³/mol. The van der Waals surface area contributed by atoms with Crippen LogP contribution in [-0.4, -0.2) is 37.0 Å². The van der Waals surface area contributed by atoms with Crippen molar-refractivity contribution < 1.29 is 19.4 Å². The summed E-state index contributed by atoms with van der Waals surface area (Å²) in [4.78, 5) is 12.1. The predicted octanol–water partition coefficient (Wildman–Crippen LogP) is 9.42. The van der Waals surface area contributed by atoms with Crippen molar-refractivity contribution in [1.29, 1.82) is 0 Å². The summed E-state index contributed by atoms with van der Waals surface area (Å²) in [6.45, 7) is 5.20. The van der Waals surface area contributed by atoms with Gasteiger partial charge in [0.25, 0.3) is 0 Å². The Hall–Kier alpha value is -1.39. The summed E-state index contributed by atoms with van der Waals surface area (Å²) in [6, 6.07) is 0. The molecule has 0 radical (unpaired) electrons. The van der Waals surface area contributed by atoms with Crippen LogP contribution in [0, 0.1) is 0 Å². The molecule has 37 heavy (non-hydrogen) atoms. The molecule has 0 saturated carbocycles. The van der Waals surface area contributed by atoms with Crippen LogP contribution in [0.5, 0.6) is 0 Å². The molecule has 0 aliphatic carbocycles. The quantitative estimate of drug-likeness (QED) is 0.0634. The lowest BCUT2D eigenvalue weighted by Crippen LogP contribution is -2.27. The van der Waals surface area contributed by atoms with Gasteiger partial charge in [-0.05, 0) is 44.9 Å². The zero-order valence-corrected chi connectivity index (χ0v) is 24.5. The molecule has 1 unspecified atom stereocenters. The van der Waals surface area contributed by atoms with E-state index < -0.39 is 6.10 Å². The number of aliphatic hydroxyl groups excluding tert-OH is 1. The molecule has 0 aromatic carbocycles. The summed E-state index contributed by atoms with van der Waals surface area (Å²) >= 11 is 0. The van der Waals surface area contributed by atoms with Gasteiger partial charge in [-0.25, -0.2) is 0 Å². The summed E-state index contributed by atoms with van der Waals surface area (Å²) < 4.78 is 11.0. The molecule has 0 aromatic rings. The Balaban J connectivity index is 3.51. The van der Waals surface area contributed by atoms with Crippen molar-refractivity contribution >= 4 is 5.97 Å². The minimum atomic E-state index is -0.537. The molecule has 0 aliphatic rings. The lowest BCUT2D eigenvalue weighted by molar-refractivity contribution is -0.154. The molecule has 0 heterocycles. The first-order chi connectivity index (χ1) is 18.2. The van der Waals surface area contributed by atoms with Gasteiger partial charge in [-0.15, -0.1) is 0 Å². The van der Waals surface area contributed by atoms with E-state index in [-0.39, 0.29) is 12.6 Å². The third-order valence-electron chi connectivity index (χ3n) is 6.48. The maximum atomic E-state index is 12.1. The monoisotopic (exact) mass is 520 g/mol. The average molecular weight is 521 g/mol. The Morgan fingerprint density at radius 2 is 1.22 bits per heavy atom. The van der Waals surface area contributed by atoms with Crippen LogP contribution in [0.1, 0.15) is 142 Å². The number of unbranched alkanes of at least 4 members (excludes halogenated alkanes) is 14. The number of rotatable bonds is 28. The van der Waals surface area contributed by atoms with Crippen molar-refractivity contribution in [1.82, 2.24) is 0 Å². The Kier molecular flexibility index (Phi) is 29.7. The highest BCUT2D eigenvalue weighted by Gasteiger charge is 2.13. The lowest BCUT2D eigenvalue weighted by atomic mass is 10.1. The molecule has 0 bridgehead atoms. The summed E-state index contributed by atoms with van der Waals surface area (Å²) in [5, 5.41) is 9.49.